The average molecular weight is 534 g/mol. The first-order valence-corrected chi connectivity index (χ1v) is 15.2. The van der Waals surface area contributed by atoms with Gasteiger partial charge in [0.1, 0.15) is 0 Å². The average Bonchev–Trinajstić information content (AvgIpc) is 3.55. The number of halogens is 2. The van der Waals surface area contributed by atoms with Crippen molar-refractivity contribution in [2.75, 3.05) is 25.1 Å². The number of aliphatic hydroxyl groups is 1. The van der Waals surface area contributed by atoms with Gasteiger partial charge in [-0.05, 0) is 30.6 Å². The van der Waals surface area contributed by atoms with Crippen molar-refractivity contribution in [2.24, 2.45) is 0 Å². The maximum Gasteiger partial charge on any atom is 0.191 e. The molecule has 0 spiro atoms. The monoisotopic (exact) mass is 533 g/mol. The fourth-order valence-electron chi connectivity index (χ4n) is 3.76. The summed E-state index contributed by atoms with van der Waals surface area (Å²) in [5.74, 6) is -0.136. The van der Waals surface area contributed by atoms with Crippen LogP contribution in [0, 0.1) is 5.82 Å². The van der Waals surface area contributed by atoms with Crippen LogP contribution in [0.4, 0.5) is 10.1 Å². The third-order valence-corrected chi connectivity index (χ3v) is 11.6. The number of benzene rings is 1. The first-order chi connectivity index (χ1) is 17.0. The van der Waals surface area contributed by atoms with Crippen LogP contribution >= 0.6 is 11.6 Å². The fourth-order valence-corrected chi connectivity index (χ4v) is 5.04. The lowest BCUT2D eigenvalue weighted by Gasteiger charge is -2.36. The van der Waals surface area contributed by atoms with Crippen LogP contribution in [0.25, 0.3) is 27.8 Å². The van der Waals surface area contributed by atoms with Crippen LogP contribution in [0.15, 0.2) is 30.9 Å². The van der Waals surface area contributed by atoms with Gasteiger partial charge in [-0.25, -0.2) is 9.07 Å². The predicted molar refractivity (Wildman–Crippen MR) is 143 cm³/mol. The normalized spacial score (nSPS) is 12.6. The minimum absolute atomic E-state index is 0.00312. The molecule has 0 aliphatic carbocycles. The molecule has 0 amide bonds. The molecule has 0 aliphatic rings. The summed E-state index contributed by atoms with van der Waals surface area (Å²) in [4.78, 5) is 0. The Hall–Kier alpha value is -2.73. The number of aliphatic hydroxyl groups excluding tert-OH is 1. The van der Waals surface area contributed by atoms with E-state index in [0.29, 0.717) is 30.0 Å². The number of rotatable bonds is 10. The van der Waals surface area contributed by atoms with Crippen molar-refractivity contribution in [2.45, 2.75) is 51.9 Å². The van der Waals surface area contributed by atoms with E-state index in [2.05, 4.69) is 59.7 Å². The maximum atomic E-state index is 15.5. The molecule has 0 fully saturated rings. The Morgan fingerprint density at radius 3 is 2.72 bits per heavy atom. The molecule has 4 aromatic rings. The summed E-state index contributed by atoms with van der Waals surface area (Å²) in [6.07, 6.45) is 7.69. The van der Waals surface area contributed by atoms with Crippen molar-refractivity contribution in [1.82, 2.24) is 29.8 Å². The molecule has 0 atom stereocenters. The standard InChI is InChI=1S/C24H33ClFN7O2Si/c1-24(2,3)36(4,5)35-10-6-7-27-19-11-18(25)22(26)23-21(19)17(16-12-28-29-13-16)14-33(23)20-15-32(8-9-34)31-30-20/h11-15,27,34H,6-10H2,1-5H3,(H,28,29). The summed E-state index contributed by atoms with van der Waals surface area (Å²) in [5, 5.41) is 28.6. The smallest absolute Gasteiger partial charge is 0.191 e. The molecule has 0 radical (unpaired) electrons. The molecular formula is C24H33ClFN7O2Si. The summed E-state index contributed by atoms with van der Waals surface area (Å²) in [6, 6.07) is 1.62. The summed E-state index contributed by atoms with van der Waals surface area (Å²) < 4.78 is 24.9. The van der Waals surface area contributed by atoms with Gasteiger partial charge in [-0.3, -0.25) is 9.67 Å². The lowest BCUT2D eigenvalue weighted by atomic mass is 10.1. The van der Waals surface area contributed by atoms with Crippen LogP contribution in [0.1, 0.15) is 27.2 Å². The topological polar surface area (TPSA) is 106 Å². The van der Waals surface area contributed by atoms with Crippen LogP contribution in [0.3, 0.4) is 0 Å². The van der Waals surface area contributed by atoms with E-state index in [1.807, 2.05) is 0 Å². The summed E-state index contributed by atoms with van der Waals surface area (Å²) in [6.45, 7) is 12.6. The van der Waals surface area contributed by atoms with E-state index in [9.17, 15) is 5.11 Å². The lowest BCUT2D eigenvalue weighted by Crippen LogP contribution is -2.41. The van der Waals surface area contributed by atoms with Gasteiger partial charge in [0, 0.05) is 47.7 Å². The van der Waals surface area contributed by atoms with Crippen molar-refractivity contribution in [3.63, 3.8) is 0 Å². The van der Waals surface area contributed by atoms with E-state index in [-0.39, 0.29) is 28.7 Å². The van der Waals surface area contributed by atoms with Gasteiger partial charge >= 0.3 is 0 Å². The van der Waals surface area contributed by atoms with Gasteiger partial charge in [-0.2, -0.15) is 5.10 Å². The van der Waals surface area contributed by atoms with Gasteiger partial charge in [0.2, 0.25) is 0 Å². The highest BCUT2D eigenvalue weighted by molar-refractivity contribution is 6.74. The minimum Gasteiger partial charge on any atom is -0.417 e. The van der Waals surface area contributed by atoms with Crippen LogP contribution in [0.5, 0.6) is 0 Å². The molecule has 3 heterocycles. The highest BCUT2D eigenvalue weighted by atomic mass is 35.5. The molecule has 194 valence electrons. The molecule has 0 saturated heterocycles. The van der Waals surface area contributed by atoms with Gasteiger partial charge < -0.3 is 14.8 Å². The summed E-state index contributed by atoms with van der Waals surface area (Å²) in [5.41, 5.74) is 2.56. The first-order valence-electron chi connectivity index (χ1n) is 11.9. The van der Waals surface area contributed by atoms with E-state index in [1.165, 1.54) is 4.68 Å². The van der Waals surface area contributed by atoms with Crippen molar-refractivity contribution in [3.8, 4) is 16.9 Å². The van der Waals surface area contributed by atoms with Crippen LogP contribution in [-0.4, -0.2) is 62.9 Å². The molecule has 0 aliphatic heterocycles. The Morgan fingerprint density at radius 1 is 1.28 bits per heavy atom. The predicted octanol–water partition coefficient (Wildman–Crippen LogP) is 5.22. The van der Waals surface area contributed by atoms with E-state index >= 15 is 4.39 Å². The quantitative estimate of drug-likeness (QED) is 0.190. The number of aromatic nitrogens is 6. The second-order valence-electron chi connectivity index (χ2n) is 10.3. The first kappa shape index (κ1) is 26.3. The van der Waals surface area contributed by atoms with Crippen LogP contribution in [-0.2, 0) is 11.0 Å². The number of fused-ring (bicyclic) bond motifs is 1. The Morgan fingerprint density at radius 2 is 2.06 bits per heavy atom. The molecule has 0 bridgehead atoms. The summed E-state index contributed by atoms with van der Waals surface area (Å²) in [7, 11) is -1.82. The fraction of sp³-hybridized carbons (Fsp3) is 0.458. The number of H-pyrrole nitrogens is 1. The number of nitrogens with one attached hydrogen (secondary N) is 2. The SMILES string of the molecule is CC(C)(C)[Si](C)(C)OCCCNc1cc(Cl)c(F)c2c1c(-c1cn[nH]c1)cn2-c1cn(CCO)nn1. The molecule has 1 aromatic carbocycles. The second kappa shape index (κ2) is 10.3. The highest BCUT2D eigenvalue weighted by Crippen LogP contribution is 2.41. The summed E-state index contributed by atoms with van der Waals surface area (Å²) >= 11 is 6.35. The van der Waals surface area contributed by atoms with Crippen molar-refractivity contribution >= 4 is 36.5 Å². The van der Waals surface area contributed by atoms with Gasteiger partial charge in [0.05, 0.1) is 36.1 Å². The third kappa shape index (κ3) is 5.19. The molecule has 0 saturated carbocycles. The molecule has 0 unspecified atom stereocenters. The van der Waals surface area contributed by atoms with Crippen molar-refractivity contribution < 1.29 is 13.9 Å². The molecule has 9 nitrogen and oxygen atoms in total. The molecule has 3 N–H and O–H groups in total. The number of anilines is 1. The zero-order valence-electron chi connectivity index (χ0n) is 21.3. The van der Waals surface area contributed by atoms with Crippen LogP contribution in [0.2, 0.25) is 23.2 Å². The second-order valence-corrected chi connectivity index (χ2v) is 15.5. The van der Waals surface area contributed by atoms with Gasteiger partial charge in [0.15, 0.2) is 20.0 Å². The molecule has 4 rings (SSSR count). The van der Waals surface area contributed by atoms with E-state index in [0.717, 1.165) is 17.5 Å². The van der Waals surface area contributed by atoms with E-state index in [4.69, 9.17) is 16.0 Å². The number of hydrogen-bond donors (Lipinski definition) is 3. The molecular weight excluding hydrogens is 501 g/mol. The number of hydrogen-bond acceptors (Lipinski definition) is 6. The Labute approximate surface area is 215 Å². The van der Waals surface area contributed by atoms with E-state index in [1.54, 1.807) is 35.4 Å². The zero-order valence-corrected chi connectivity index (χ0v) is 23.0. The maximum absolute atomic E-state index is 15.5. The van der Waals surface area contributed by atoms with Crippen LogP contribution < -0.4 is 5.32 Å². The Balaban J connectivity index is 1.68. The largest absolute Gasteiger partial charge is 0.417 e. The van der Waals surface area contributed by atoms with Gasteiger partial charge in [0.25, 0.3) is 0 Å². The van der Waals surface area contributed by atoms with Gasteiger partial charge in [-0.15, -0.1) is 5.10 Å². The van der Waals surface area contributed by atoms with Crippen molar-refractivity contribution in [1.29, 1.82) is 0 Å². The van der Waals surface area contributed by atoms with Crippen molar-refractivity contribution in [3.05, 3.63) is 41.7 Å². The highest BCUT2D eigenvalue weighted by Gasteiger charge is 2.36. The molecule has 3 aromatic heterocycles. The number of nitrogens with zero attached hydrogens (tertiary/aromatic N) is 5. The molecule has 12 heteroatoms. The zero-order chi connectivity index (χ0) is 26.1. The number of aromatic amines is 1. The Bertz CT molecular complexity index is 1330. The minimum atomic E-state index is -1.82. The third-order valence-electron chi connectivity index (χ3n) is 6.78. The molecule has 36 heavy (non-hydrogen) atoms. The van der Waals surface area contributed by atoms with Gasteiger partial charge in [-0.1, -0.05) is 37.6 Å². The van der Waals surface area contributed by atoms with E-state index < -0.39 is 14.1 Å². The Kier molecular flexibility index (Phi) is 7.55. The lowest BCUT2D eigenvalue weighted by molar-refractivity contribution is 0.268.